The molecule has 1 N–H and O–H groups in total. The van der Waals surface area contributed by atoms with Gasteiger partial charge in [-0.15, -0.1) is 0 Å². The van der Waals surface area contributed by atoms with Gasteiger partial charge in [0.2, 0.25) is 0 Å². The summed E-state index contributed by atoms with van der Waals surface area (Å²) in [6, 6.07) is 5.24. The van der Waals surface area contributed by atoms with Gasteiger partial charge in [-0.1, -0.05) is 27.5 Å². The molecule has 0 heterocycles. The third-order valence-corrected chi connectivity index (χ3v) is 3.80. The van der Waals surface area contributed by atoms with Gasteiger partial charge in [0.25, 0.3) is 5.91 Å². The lowest BCUT2D eigenvalue weighted by Crippen LogP contribution is -2.25. The van der Waals surface area contributed by atoms with Crippen molar-refractivity contribution in [1.82, 2.24) is 5.32 Å². The van der Waals surface area contributed by atoms with Crippen molar-refractivity contribution in [2.45, 2.75) is 19.3 Å². The van der Waals surface area contributed by atoms with E-state index in [2.05, 4.69) is 21.2 Å². The summed E-state index contributed by atoms with van der Waals surface area (Å²) in [6.45, 7) is 2.17. The molecule has 1 aliphatic rings. The predicted octanol–water partition coefficient (Wildman–Crippen LogP) is 3.65. The molecule has 0 aromatic heterocycles. The smallest absolute Gasteiger partial charge is 0.252 e. The van der Waals surface area contributed by atoms with E-state index >= 15 is 0 Å². The Morgan fingerprint density at radius 1 is 1.47 bits per heavy atom. The zero-order valence-electron chi connectivity index (χ0n) is 10.6. The first kappa shape index (κ1) is 14.8. The van der Waals surface area contributed by atoms with Crippen LogP contribution in [0.3, 0.4) is 0 Å². The Labute approximate surface area is 126 Å². The van der Waals surface area contributed by atoms with E-state index in [9.17, 15) is 4.79 Å². The van der Waals surface area contributed by atoms with E-state index < -0.39 is 0 Å². The number of amides is 1. The van der Waals surface area contributed by atoms with Crippen LogP contribution in [0, 0.1) is 5.92 Å². The van der Waals surface area contributed by atoms with Crippen molar-refractivity contribution < 1.29 is 9.53 Å². The molecule has 1 aliphatic carbocycles. The average Bonchev–Trinajstić information content (AvgIpc) is 3.20. The van der Waals surface area contributed by atoms with Gasteiger partial charge in [-0.2, -0.15) is 0 Å². The van der Waals surface area contributed by atoms with Crippen LogP contribution >= 0.6 is 27.5 Å². The van der Waals surface area contributed by atoms with Crippen LogP contribution in [-0.2, 0) is 4.74 Å². The first-order valence-electron chi connectivity index (χ1n) is 6.48. The first-order chi connectivity index (χ1) is 9.16. The molecule has 1 aromatic carbocycles. The first-order valence-corrected chi connectivity index (χ1v) is 7.65. The number of carbonyl (C=O) groups is 1. The fourth-order valence-electron chi connectivity index (χ4n) is 1.68. The quantitative estimate of drug-likeness (QED) is 0.765. The Morgan fingerprint density at radius 2 is 2.26 bits per heavy atom. The molecule has 0 atom stereocenters. The van der Waals surface area contributed by atoms with Gasteiger partial charge in [0.15, 0.2) is 0 Å². The number of benzene rings is 1. The number of hydrogen-bond donors (Lipinski definition) is 1. The Morgan fingerprint density at radius 3 is 3.00 bits per heavy atom. The number of ether oxygens (including phenoxy) is 1. The highest BCUT2D eigenvalue weighted by Crippen LogP contribution is 2.28. The van der Waals surface area contributed by atoms with Gasteiger partial charge in [-0.25, -0.2) is 0 Å². The van der Waals surface area contributed by atoms with E-state index in [4.69, 9.17) is 16.3 Å². The Hall–Kier alpha value is -0.580. The van der Waals surface area contributed by atoms with Crippen molar-refractivity contribution in [3.8, 4) is 0 Å². The minimum Gasteiger partial charge on any atom is -0.381 e. The number of carbonyl (C=O) groups excluding carboxylic acids is 1. The summed E-state index contributed by atoms with van der Waals surface area (Å²) in [5, 5.41) is 3.31. The van der Waals surface area contributed by atoms with Crippen LogP contribution in [0.4, 0.5) is 0 Å². The van der Waals surface area contributed by atoms with Crippen molar-refractivity contribution in [2.24, 2.45) is 5.92 Å². The summed E-state index contributed by atoms with van der Waals surface area (Å²) in [7, 11) is 0. The maximum Gasteiger partial charge on any atom is 0.252 e. The van der Waals surface area contributed by atoms with E-state index in [1.807, 2.05) is 6.07 Å². The van der Waals surface area contributed by atoms with Gasteiger partial charge in [-0.05, 0) is 43.4 Å². The standard InChI is InChI=1S/C14H17BrClNO2/c15-11-4-5-13(16)12(8-11)14(18)17-6-1-7-19-9-10-2-3-10/h4-5,8,10H,1-3,6-7,9H2,(H,17,18). The van der Waals surface area contributed by atoms with E-state index in [0.717, 1.165) is 23.4 Å². The molecule has 0 saturated heterocycles. The highest BCUT2D eigenvalue weighted by molar-refractivity contribution is 9.10. The summed E-state index contributed by atoms with van der Waals surface area (Å²) in [6.07, 6.45) is 3.43. The van der Waals surface area contributed by atoms with Crippen LogP contribution in [0.2, 0.25) is 5.02 Å². The molecule has 104 valence electrons. The highest BCUT2D eigenvalue weighted by atomic mass is 79.9. The molecule has 0 bridgehead atoms. The molecule has 2 rings (SSSR count). The minimum atomic E-state index is -0.145. The van der Waals surface area contributed by atoms with Gasteiger partial charge in [0, 0.05) is 24.2 Å². The largest absolute Gasteiger partial charge is 0.381 e. The molecule has 3 nitrogen and oxygen atoms in total. The second-order valence-corrected chi connectivity index (χ2v) is 6.07. The van der Waals surface area contributed by atoms with E-state index in [-0.39, 0.29) is 5.91 Å². The fourth-order valence-corrected chi connectivity index (χ4v) is 2.24. The molecular weight excluding hydrogens is 330 g/mol. The number of rotatable bonds is 7. The summed E-state index contributed by atoms with van der Waals surface area (Å²) in [5.41, 5.74) is 0.495. The minimum absolute atomic E-state index is 0.145. The second-order valence-electron chi connectivity index (χ2n) is 4.75. The highest BCUT2D eigenvalue weighted by Gasteiger charge is 2.20. The Balaban J connectivity index is 1.66. The predicted molar refractivity (Wildman–Crippen MR) is 79.6 cm³/mol. The maximum absolute atomic E-state index is 11.9. The van der Waals surface area contributed by atoms with Crippen LogP contribution in [0.1, 0.15) is 29.6 Å². The van der Waals surface area contributed by atoms with E-state index in [1.165, 1.54) is 12.8 Å². The molecule has 5 heteroatoms. The lowest BCUT2D eigenvalue weighted by Gasteiger charge is -2.07. The van der Waals surface area contributed by atoms with Gasteiger partial charge >= 0.3 is 0 Å². The summed E-state index contributed by atoms with van der Waals surface area (Å²) >= 11 is 9.32. The average molecular weight is 347 g/mol. The lowest BCUT2D eigenvalue weighted by molar-refractivity contribution is 0.0937. The van der Waals surface area contributed by atoms with Crippen LogP contribution in [0.25, 0.3) is 0 Å². The molecule has 0 radical (unpaired) electrons. The molecule has 19 heavy (non-hydrogen) atoms. The van der Waals surface area contributed by atoms with Gasteiger partial charge in [0.1, 0.15) is 0 Å². The summed E-state index contributed by atoms with van der Waals surface area (Å²) in [5.74, 6) is 0.642. The second kappa shape index (κ2) is 7.27. The molecule has 1 fully saturated rings. The van der Waals surface area contributed by atoms with Gasteiger partial charge in [-0.3, -0.25) is 4.79 Å². The number of nitrogens with one attached hydrogen (secondary N) is 1. The zero-order valence-corrected chi connectivity index (χ0v) is 13.0. The van der Waals surface area contributed by atoms with E-state index in [1.54, 1.807) is 12.1 Å². The molecule has 1 aromatic rings. The SMILES string of the molecule is O=C(NCCCOCC1CC1)c1cc(Br)ccc1Cl. The normalized spacial score (nSPS) is 14.4. The van der Waals surface area contributed by atoms with Crippen LogP contribution in [-0.4, -0.2) is 25.7 Å². The van der Waals surface area contributed by atoms with Crippen molar-refractivity contribution >= 4 is 33.4 Å². The topological polar surface area (TPSA) is 38.3 Å². The molecule has 1 saturated carbocycles. The Bertz CT molecular complexity index is 449. The summed E-state index contributed by atoms with van der Waals surface area (Å²) < 4.78 is 6.35. The summed E-state index contributed by atoms with van der Waals surface area (Å²) in [4.78, 5) is 11.9. The van der Waals surface area contributed by atoms with Crippen LogP contribution < -0.4 is 5.32 Å². The molecule has 0 aliphatic heterocycles. The molecule has 1 amide bonds. The number of halogens is 2. The van der Waals surface area contributed by atoms with Crippen LogP contribution in [0.5, 0.6) is 0 Å². The monoisotopic (exact) mass is 345 g/mol. The van der Waals surface area contributed by atoms with Gasteiger partial charge in [0.05, 0.1) is 10.6 Å². The fraction of sp³-hybridized carbons (Fsp3) is 0.500. The van der Waals surface area contributed by atoms with Gasteiger partial charge < -0.3 is 10.1 Å². The lowest BCUT2D eigenvalue weighted by atomic mass is 10.2. The van der Waals surface area contributed by atoms with Crippen molar-refractivity contribution in [3.05, 3.63) is 33.3 Å². The molecule has 0 unspecified atom stereocenters. The van der Waals surface area contributed by atoms with E-state index in [0.29, 0.717) is 23.7 Å². The maximum atomic E-state index is 11.9. The number of hydrogen-bond acceptors (Lipinski definition) is 2. The molecule has 0 spiro atoms. The zero-order chi connectivity index (χ0) is 13.7. The third-order valence-electron chi connectivity index (χ3n) is 2.97. The van der Waals surface area contributed by atoms with Crippen molar-refractivity contribution in [2.75, 3.05) is 19.8 Å². The van der Waals surface area contributed by atoms with Crippen LogP contribution in [0.15, 0.2) is 22.7 Å². The van der Waals surface area contributed by atoms with Crippen molar-refractivity contribution in [1.29, 1.82) is 0 Å². The molecular formula is C14H17BrClNO2. The Kier molecular flexibility index (Phi) is 5.67. The third kappa shape index (κ3) is 5.13. The van der Waals surface area contributed by atoms with Crippen molar-refractivity contribution in [3.63, 3.8) is 0 Å².